The van der Waals surface area contributed by atoms with E-state index >= 15 is 0 Å². The Kier molecular flexibility index (Phi) is 4.59. The van der Waals surface area contributed by atoms with Gasteiger partial charge in [-0.3, -0.25) is 0 Å². The molecule has 1 aliphatic heterocycles. The number of carbonyl (C=O) groups excluding carboxylic acids is 1. The zero-order valence-corrected chi connectivity index (χ0v) is 8.68. The summed E-state index contributed by atoms with van der Waals surface area (Å²) >= 11 is 1.88. The SMILES string of the molecule is CCOC(=O)C(O)C1CCSCC1. The summed E-state index contributed by atoms with van der Waals surface area (Å²) in [5.41, 5.74) is 0. The molecule has 1 unspecified atom stereocenters. The van der Waals surface area contributed by atoms with Gasteiger partial charge in [-0.2, -0.15) is 11.8 Å². The second-order valence-corrected chi connectivity index (χ2v) is 4.37. The molecule has 76 valence electrons. The van der Waals surface area contributed by atoms with E-state index in [1.165, 1.54) is 0 Å². The van der Waals surface area contributed by atoms with Gasteiger partial charge >= 0.3 is 5.97 Å². The van der Waals surface area contributed by atoms with Crippen LogP contribution in [-0.2, 0) is 9.53 Å². The zero-order valence-electron chi connectivity index (χ0n) is 7.86. The third kappa shape index (κ3) is 3.19. The fourth-order valence-corrected chi connectivity index (χ4v) is 2.59. The lowest BCUT2D eigenvalue weighted by Crippen LogP contribution is -2.33. The third-order valence-corrected chi connectivity index (χ3v) is 3.29. The standard InChI is InChI=1S/C9H16O3S/c1-2-12-9(11)8(10)7-3-5-13-6-4-7/h7-8,10H,2-6H2,1H3. The molecule has 0 bridgehead atoms. The molecular formula is C9H16O3S. The largest absolute Gasteiger partial charge is 0.464 e. The van der Waals surface area contributed by atoms with Gasteiger partial charge in [0.25, 0.3) is 0 Å². The molecule has 0 saturated carbocycles. The lowest BCUT2D eigenvalue weighted by atomic mass is 9.96. The molecule has 1 rings (SSSR count). The molecule has 0 aliphatic carbocycles. The van der Waals surface area contributed by atoms with Crippen LogP contribution in [0.5, 0.6) is 0 Å². The predicted molar refractivity (Wildman–Crippen MR) is 52.7 cm³/mol. The number of carbonyl (C=O) groups is 1. The van der Waals surface area contributed by atoms with E-state index in [4.69, 9.17) is 4.74 Å². The van der Waals surface area contributed by atoms with Gasteiger partial charge in [0.05, 0.1) is 6.61 Å². The van der Waals surface area contributed by atoms with Crippen LogP contribution in [0.15, 0.2) is 0 Å². The van der Waals surface area contributed by atoms with Crippen molar-refractivity contribution in [3.05, 3.63) is 0 Å². The van der Waals surface area contributed by atoms with E-state index in [0.717, 1.165) is 24.3 Å². The maximum Gasteiger partial charge on any atom is 0.335 e. The minimum Gasteiger partial charge on any atom is -0.464 e. The average molecular weight is 204 g/mol. The van der Waals surface area contributed by atoms with Crippen LogP contribution < -0.4 is 0 Å². The Morgan fingerprint density at radius 3 is 2.77 bits per heavy atom. The van der Waals surface area contributed by atoms with Gasteiger partial charge in [-0.25, -0.2) is 4.79 Å². The molecule has 0 aromatic heterocycles. The fraction of sp³-hybridized carbons (Fsp3) is 0.889. The van der Waals surface area contributed by atoms with Crippen molar-refractivity contribution in [2.24, 2.45) is 5.92 Å². The molecule has 13 heavy (non-hydrogen) atoms. The average Bonchev–Trinajstić information content (AvgIpc) is 2.18. The summed E-state index contributed by atoms with van der Waals surface area (Å²) in [5.74, 6) is 1.74. The smallest absolute Gasteiger partial charge is 0.335 e. The predicted octanol–water partition coefficient (Wildman–Crippen LogP) is 1.05. The molecule has 0 amide bonds. The molecule has 1 saturated heterocycles. The van der Waals surface area contributed by atoms with Gasteiger partial charge in [-0.15, -0.1) is 0 Å². The van der Waals surface area contributed by atoms with Crippen molar-refractivity contribution in [1.82, 2.24) is 0 Å². The number of hydrogen-bond donors (Lipinski definition) is 1. The fourth-order valence-electron chi connectivity index (χ4n) is 1.45. The molecular weight excluding hydrogens is 188 g/mol. The molecule has 1 N–H and O–H groups in total. The van der Waals surface area contributed by atoms with Crippen LogP contribution in [-0.4, -0.2) is 35.3 Å². The first-order chi connectivity index (χ1) is 6.25. The summed E-state index contributed by atoms with van der Waals surface area (Å²) in [6.45, 7) is 2.10. The van der Waals surface area contributed by atoms with Crippen molar-refractivity contribution in [3.63, 3.8) is 0 Å². The maximum atomic E-state index is 11.2. The zero-order chi connectivity index (χ0) is 9.68. The van der Waals surface area contributed by atoms with Crippen LogP contribution in [0, 0.1) is 5.92 Å². The first-order valence-electron chi connectivity index (χ1n) is 4.68. The number of aliphatic hydroxyl groups excluding tert-OH is 1. The Morgan fingerprint density at radius 2 is 2.23 bits per heavy atom. The summed E-state index contributed by atoms with van der Waals surface area (Å²) in [7, 11) is 0. The third-order valence-electron chi connectivity index (χ3n) is 2.24. The second-order valence-electron chi connectivity index (χ2n) is 3.15. The van der Waals surface area contributed by atoms with Gasteiger partial charge < -0.3 is 9.84 Å². The van der Waals surface area contributed by atoms with E-state index < -0.39 is 12.1 Å². The van der Waals surface area contributed by atoms with E-state index in [2.05, 4.69) is 0 Å². The quantitative estimate of drug-likeness (QED) is 0.698. The van der Waals surface area contributed by atoms with E-state index in [-0.39, 0.29) is 5.92 Å². The van der Waals surface area contributed by atoms with Crippen molar-refractivity contribution in [2.75, 3.05) is 18.1 Å². The highest BCUT2D eigenvalue weighted by Crippen LogP contribution is 2.25. The Labute approximate surface area is 82.8 Å². The van der Waals surface area contributed by atoms with Gasteiger partial charge in [0.15, 0.2) is 6.10 Å². The molecule has 4 heteroatoms. The summed E-state index contributed by atoms with van der Waals surface area (Å²) in [4.78, 5) is 11.2. The van der Waals surface area contributed by atoms with Crippen LogP contribution in [0.1, 0.15) is 19.8 Å². The Bertz CT molecular complexity index is 166. The highest BCUT2D eigenvalue weighted by atomic mass is 32.2. The van der Waals surface area contributed by atoms with E-state index in [9.17, 15) is 9.90 Å². The minimum absolute atomic E-state index is 0.111. The van der Waals surface area contributed by atoms with Gasteiger partial charge in [-0.05, 0) is 37.2 Å². The molecule has 0 aromatic rings. The van der Waals surface area contributed by atoms with Crippen LogP contribution >= 0.6 is 11.8 Å². The first kappa shape index (κ1) is 10.9. The molecule has 1 aliphatic rings. The van der Waals surface area contributed by atoms with E-state index in [1.54, 1.807) is 6.92 Å². The minimum atomic E-state index is -0.902. The number of ether oxygens (including phenoxy) is 1. The van der Waals surface area contributed by atoms with E-state index in [1.807, 2.05) is 11.8 Å². The summed E-state index contributed by atoms with van der Waals surface area (Å²) in [5, 5.41) is 9.59. The molecule has 1 fully saturated rings. The molecule has 0 aromatic carbocycles. The highest BCUT2D eigenvalue weighted by molar-refractivity contribution is 7.99. The number of rotatable bonds is 3. The number of esters is 1. The van der Waals surface area contributed by atoms with Crippen LogP contribution in [0.25, 0.3) is 0 Å². The van der Waals surface area contributed by atoms with Crippen molar-refractivity contribution in [2.45, 2.75) is 25.9 Å². The van der Waals surface area contributed by atoms with Crippen molar-refractivity contribution in [3.8, 4) is 0 Å². The van der Waals surface area contributed by atoms with Crippen LogP contribution in [0.3, 0.4) is 0 Å². The van der Waals surface area contributed by atoms with Gasteiger partial charge in [-0.1, -0.05) is 0 Å². The number of hydrogen-bond acceptors (Lipinski definition) is 4. The number of thioether (sulfide) groups is 1. The second kappa shape index (κ2) is 5.50. The first-order valence-corrected chi connectivity index (χ1v) is 5.83. The summed E-state index contributed by atoms with van der Waals surface area (Å²) in [6.07, 6.45) is 0.941. The van der Waals surface area contributed by atoms with Crippen molar-refractivity contribution < 1.29 is 14.6 Å². The van der Waals surface area contributed by atoms with Crippen molar-refractivity contribution >= 4 is 17.7 Å². The number of aliphatic hydroxyl groups is 1. The highest BCUT2D eigenvalue weighted by Gasteiger charge is 2.28. The maximum absolute atomic E-state index is 11.2. The van der Waals surface area contributed by atoms with Gasteiger partial charge in [0.1, 0.15) is 0 Å². The Hall–Kier alpha value is -0.220. The lowest BCUT2D eigenvalue weighted by Gasteiger charge is -2.24. The molecule has 0 spiro atoms. The molecule has 3 nitrogen and oxygen atoms in total. The molecule has 1 heterocycles. The van der Waals surface area contributed by atoms with Crippen LogP contribution in [0.4, 0.5) is 0 Å². The summed E-state index contributed by atoms with van der Waals surface area (Å²) < 4.78 is 4.76. The van der Waals surface area contributed by atoms with Crippen LogP contribution in [0.2, 0.25) is 0 Å². The van der Waals surface area contributed by atoms with Gasteiger partial charge in [0.2, 0.25) is 0 Å². The Balaban J connectivity index is 2.35. The molecule has 0 radical (unpaired) electrons. The summed E-state index contributed by atoms with van der Waals surface area (Å²) in [6, 6.07) is 0. The topological polar surface area (TPSA) is 46.5 Å². The normalized spacial score (nSPS) is 21.1. The van der Waals surface area contributed by atoms with Crippen molar-refractivity contribution in [1.29, 1.82) is 0 Å². The monoisotopic (exact) mass is 204 g/mol. The molecule has 1 atom stereocenters. The lowest BCUT2D eigenvalue weighted by molar-refractivity contribution is -0.156. The Morgan fingerprint density at radius 1 is 1.62 bits per heavy atom. The van der Waals surface area contributed by atoms with E-state index in [0.29, 0.717) is 6.61 Å². The van der Waals surface area contributed by atoms with Gasteiger partial charge in [0, 0.05) is 0 Å².